The Labute approximate surface area is 134 Å². The maximum Gasteiger partial charge on any atom is 0.126 e. The van der Waals surface area contributed by atoms with Crippen LogP contribution in [0.25, 0.3) is 11.3 Å². The lowest BCUT2D eigenvalue weighted by Gasteiger charge is -2.33. The summed E-state index contributed by atoms with van der Waals surface area (Å²) in [6.45, 7) is 5.02. The molecule has 0 saturated carbocycles. The standard InChI is InChI=1S/C17H18F2N4/c1-2-3-22-4-6-23(7-5-22)12-14-11-20-21-17(14)13-8-15(18)10-16(19)9-13/h1,8-11H,3-7,12H2,(H,20,21). The van der Waals surface area contributed by atoms with Crippen LogP contribution < -0.4 is 0 Å². The summed E-state index contributed by atoms with van der Waals surface area (Å²) in [6, 6.07) is 3.49. The van der Waals surface area contributed by atoms with E-state index >= 15 is 0 Å². The second-order valence-corrected chi connectivity index (χ2v) is 5.68. The number of nitrogens with one attached hydrogen (secondary N) is 1. The minimum atomic E-state index is -0.594. The van der Waals surface area contributed by atoms with Crippen LogP contribution in [0.3, 0.4) is 0 Å². The van der Waals surface area contributed by atoms with Gasteiger partial charge in [0.25, 0.3) is 0 Å². The van der Waals surface area contributed by atoms with E-state index in [9.17, 15) is 8.78 Å². The average molecular weight is 316 g/mol. The summed E-state index contributed by atoms with van der Waals surface area (Å²) in [7, 11) is 0. The fraction of sp³-hybridized carbons (Fsp3) is 0.353. The molecule has 120 valence electrons. The van der Waals surface area contributed by atoms with E-state index in [1.54, 1.807) is 6.20 Å². The average Bonchev–Trinajstić information content (AvgIpc) is 2.97. The molecule has 0 amide bonds. The zero-order valence-corrected chi connectivity index (χ0v) is 12.7. The van der Waals surface area contributed by atoms with E-state index in [1.165, 1.54) is 12.1 Å². The van der Waals surface area contributed by atoms with Crippen molar-refractivity contribution in [3.63, 3.8) is 0 Å². The maximum atomic E-state index is 13.4. The lowest BCUT2D eigenvalue weighted by Crippen LogP contribution is -2.45. The Morgan fingerprint density at radius 3 is 2.39 bits per heavy atom. The summed E-state index contributed by atoms with van der Waals surface area (Å²) in [5.41, 5.74) is 2.07. The van der Waals surface area contributed by atoms with Crippen molar-refractivity contribution < 1.29 is 8.78 Å². The summed E-state index contributed by atoms with van der Waals surface area (Å²) >= 11 is 0. The van der Waals surface area contributed by atoms with Gasteiger partial charge >= 0.3 is 0 Å². The first-order valence-electron chi connectivity index (χ1n) is 7.52. The molecule has 1 saturated heterocycles. The second kappa shape index (κ2) is 6.90. The van der Waals surface area contributed by atoms with Crippen LogP contribution in [0, 0.1) is 24.0 Å². The Hall–Kier alpha value is -2.23. The van der Waals surface area contributed by atoms with Crippen molar-refractivity contribution >= 4 is 0 Å². The van der Waals surface area contributed by atoms with Crippen LogP contribution in [-0.4, -0.2) is 52.7 Å². The Bertz CT molecular complexity index is 691. The molecule has 0 unspecified atom stereocenters. The third kappa shape index (κ3) is 3.76. The molecule has 2 aromatic rings. The topological polar surface area (TPSA) is 35.2 Å². The second-order valence-electron chi connectivity index (χ2n) is 5.68. The lowest BCUT2D eigenvalue weighted by atomic mass is 10.1. The largest absolute Gasteiger partial charge is 0.296 e. The van der Waals surface area contributed by atoms with Crippen LogP contribution in [0.2, 0.25) is 0 Å². The molecule has 1 N–H and O–H groups in total. The zero-order chi connectivity index (χ0) is 16.2. The third-order valence-corrected chi connectivity index (χ3v) is 4.04. The molecule has 23 heavy (non-hydrogen) atoms. The fourth-order valence-corrected chi connectivity index (χ4v) is 2.85. The van der Waals surface area contributed by atoms with Crippen LogP contribution in [-0.2, 0) is 6.54 Å². The van der Waals surface area contributed by atoms with E-state index < -0.39 is 11.6 Å². The Morgan fingerprint density at radius 2 is 1.74 bits per heavy atom. The first kappa shape index (κ1) is 15.7. The number of aromatic amines is 1. The molecule has 0 aliphatic carbocycles. The van der Waals surface area contributed by atoms with E-state index in [0.29, 0.717) is 24.3 Å². The van der Waals surface area contributed by atoms with Gasteiger partial charge < -0.3 is 0 Å². The number of benzene rings is 1. The molecule has 0 atom stereocenters. The molecule has 1 aromatic heterocycles. The number of halogens is 2. The number of H-pyrrole nitrogens is 1. The number of rotatable bonds is 4. The van der Waals surface area contributed by atoms with Gasteiger partial charge in [0.05, 0.1) is 18.4 Å². The van der Waals surface area contributed by atoms with Crippen LogP contribution >= 0.6 is 0 Å². The van der Waals surface area contributed by atoms with E-state index in [4.69, 9.17) is 6.42 Å². The van der Waals surface area contributed by atoms with Gasteiger partial charge in [-0.3, -0.25) is 14.9 Å². The summed E-state index contributed by atoms with van der Waals surface area (Å²) in [6.07, 6.45) is 7.05. The van der Waals surface area contributed by atoms with Crippen LogP contribution in [0.5, 0.6) is 0 Å². The Morgan fingerprint density at radius 1 is 1.09 bits per heavy atom. The molecule has 1 aliphatic heterocycles. The molecular formula is C17H18F2N4. The SMILES string of the molecule is C#CCN1CCN(Cc2cn[nH]c2-c2cc(F)cc(F)c2)CC1. The van der Waals surface area contributed by atoms with E-state index in [2.05, 4.69) is 25.9 Å². The van der Waals surface area contributed by atoms with Gasteiger partial charge in [-0.2, -0.15) is 5.10 Å². The number of terminal acetylenes is 1. The summed E-state index contributed by atoms with van der Waals surface area (Å²) in [5, 5.41) is 6.88. The molecule has 3 rings (SSSR count). The highest BCUT2D eigenvalue weighted by Gasteiger charge is 2.18. The fourth-order valence-electron chi connectivity index (χ4n) is 2.85. The van der Waals surface area contributed by atoms with Crippen molar-refractivity contribution in [3.8, 4) is 23.6 Å². The van der Waals surface area contributed by atoms with E-state index in [1.807, 2.05) is 0 Å². The summed E-state index contributed by atoms with van der Waals surface area (Å²) < 4.78 is 26.8. The molecule has 4 nitrogen and oxygen atoms in total. The van der Waals surface area contributed by atoms with Gasteiger partial charge in [-0.05, 0) is 12.1 Å². The third-order valence-electron chi connectivity index (χ3n) is 4.04. The smallest absolute Gasteiger partial charge is 0.126 e. The maximum absolute atomic E-state index is 13.4. The van der Waals surface area contributed by atoms with Crippen LogP contribution in [0.4, 0.5) is 8.78 Å². The van der Waals surface area contributed by atoms with Gasteiger partial charge in [-0.25, -0.2) is 8.78 Å². The molecule has 0 radical (unpaired) electrons. The Kier molecular flexibility index (Phi) is 4.70. The predicted octanol–water partition coefficient (Wildman–Crippen LogP) is 2.11. The number of piperazine rings is 1. The molecule has 1 aliphatic rings. The highest BCUT2D eigenvalue weighted by molar-refractivity contribution is 5.62. The highest BCUT2D eigenvalue weighted by atomic mass is 19.1. The van der Waals surface area contributed by atoms with Gasteiger partial charge in [0.2, 0.25) is 0 Å². The molecular weight excluding hydrogens is 298 g/mol. The van der Waals surface area contributed by atoms with Gasteiger partial charge in [0.15, 0.2) is 0 Å². The van der Waals surface area contributed by atoms with Crippen molar-refractivity contribution in [2.45, 2.75) is 6.54 Å². The first-order valence-corrected chi connectivity index (χ1v) is 7.52. The van der Waals surface area contributed by atoms with Crippen LogP contribution in [0.1, 0.15) is 5.56 Å². The molecule has 1 aromatic carbocycles. The van der Waals surface area contributed by atoms with Gasteiger partial charge in [0.1, 0.15) is 11.6 Å². The molecule has 1 fully saturated rings. The van der Waals surface area contributed by atoms with Crippen molar-refractivity contribution in [1.82, 2.24) is 20.0 Å². The van der Waals surface area contributed by atoms with Gasteiger partial charge in [0, 0.05) is 49.9 Å². The lowest BCUT2D eigenvalue weighted by molar-refractivity contribution is 0.138. The van der Waals surface area contributed by atoms with E-state index in [-0.39, 0.29) is 0 Å². The molecule has 0 spiro atoms. The zero-order valence-electron chi connectivity index (χ0n) is 12.7. The van der Waals surface area contributed by atoms with Gasteiger partial charge in [-0.1, -0.05) is 5.92 Å². The Balaban J connectivity index is 1.71. The van der Waals surface area contributed by atoms with Crippen molar-refractivity contribution in [2.24, 2.45) is 0 Å². The predicted molar refractivity (Wildman–Crippen MR) is 84.5 cm³/mol. The minimum Gasteiger partial charge on any atom is -0.296 e. The summed E-state index contributed by atoms with van der Waals surface area (Å²) in [5.74, 6) is 1.47. The number of hydrogen-bond donors (Lipinski definition) is 1. The first-order chi connectivity index (χ1) is 11.2. The highest BCUT2D eigenvalue weighted by Crippen LogP contribution is 2.24. The monoisotopic (exact) mass is 316 g/mol. The number of hydrogen-bond acceptors (Lipinski definition) is 3. The van der Waals surface area contributed by atoms with Crippen molar-refractivity contribution in [1.29, 1.82) is 0 Å². The van der Waals surface area contributed by atoms with Crippen molar-refractivity contribution in [3.05, 3.63) is 41.6 Å². The van der Waals surface area contributed by atoms with Gasteiger partial charge in [-0.15, -0.1) is 6.42 Å². The molecule has 2 heterocycles. The normalized spacial score (nSPS) is 16.4. The molecule has 0 bridgehead atoms. The molecule has 6 heteroatoms. The number of nitrogens with zero attached hydrogens (tertiary/aromatic N) is 3. The quantitative estimate of drug-likeness (QED) is 0.878. The minimum absolute atomic E-state index is 0.473. The summed E-state index contributed by atoms with van der Waals surface area (Å²) in [4.78, 5) is 4.52. The number of aromatic nitrogens is 2. The van der Waals surface area contributed by atoms with E-state index in [0.717, 1.165) is 37.8 Å². The van der Waals surface area contributed by atoms with Crippen molar-refractivity contribution in [2.75, 3.05) is 32.7 Å². The van der Waals surface area contributed by atoms with Crippen LogP contribution in [0.15, 0.2) is 24.4 Å².